The molecule has 0 radical (unpaired) electrons. The zero-order chi connectivity index (χ0) is 12.3. The Bertz CT molecular complexity index is 297. The van der Waals surface area contributed by atoms with Gasteiger partial charge < -0.3 is 5.32 Å². The molecule has 0 saturated carbocycles. The summed E-state index contributed by atoms with van der Waals surface area (Å²) in [6.07, 6.45) is 12.0. The maximum atomic E-state index is 4.15. The van der Waals surface area contributed by atoms with Crippen molar-refractivity contribution in [1.29, 1.82) is 0 Å². The Kier molecular flexibility index (Phi) is 7.65. The van der Waals surface area contributed by atoms with E-state index >= 15 is 0 Å². The summed E-state index contributed by atoms with van der Waals surface area (Å²) in [4.78, 5) is 4.15. The summed E-state index contributed by atoms with van der Waals surface area (Å²) in [7, 11) is 0. The molecule has 0 aliphatic heterocycles. The highest BCUT2D eigenvalue weighted by Gasteiger charge is 1.96. The van der Waals surface area contributed by atoms with Crippen molar-refractivity contribution in [2.75, 3.05) is 6.54 Å². The molecule has 2 nitrogen and oxygen atoms in total. The van der Waals surface area contributed by atoms with E-state index in [9.17, 15) is 0 Å². The van der Waals surface area contributed by atoms with Gasteiger partial charge in [0.25, 0.3) is 0 Å². The van der Waals surface area contributed by atoms with Gasteiger partial charge in [-0.2, -0.15) is 0 Å². The first-order chi connectivity index (χ1) is 8.34. The maximum Gasteiger partial charge on any atom is 0.0315 e. The van der Waals surface area contributed by atoms with Gasteiger partial charge in [-0.3, -0.25) is 4.98 Å². The lowest BCUT2D eigenvalue weighted by Gasteiger charge is -2.06. The number of aryl methyl sites for hydroxylation is 1. The molecule has 0 bridgehead atoms. The van der Waals surface area contributed by atoms with Gasteiger partial charge in [-0.05, 0) is 37.1 Å². The Morgan fingerprint density at radius 1 is 1.12 bits per heavy atom. The summed E-state index contributed by atoms with van der Waals surface area (Å²) in [5.74, 6) is 0. The quantitative estimate of drug-likeness (QED) is 0.657. The van der Waals surface area contributed by atoms with E-state index in [1.165, 1.54) is 49.7 Å². The van der Waals surface area contributed by atoms with Crippen molar-refractivity contribution in [3.05, 3.63) is 29.6 Å². The molecule has 1 heterocycles. The van der Waals surface area contributed by atoms with Gasteiger partial charge in [0.1, 0.15) is 0 Å². The second-order valence-electron chi connectivity index (χ2n) is 4.75. The van der Waals surface area contributed by atoms with Crippen LogP contribution in [0.4, 0.5) is 0 Å². The number of nitrogens with zero attached hydrogens (tertiary/aromatic N) is 1. The fourth-order valence-electron chi connectivity index (χ4n) is 1.94. The first-order valence-electron chi connectivity index (χ1n) is 6.94. The molecule has 96 valence electrons. The Morgan fingerprint density at radius 2 is 1.88 bits per heavy atom. The first kappa shape index (κ1) is 14.2. The number of pyridine rings is 1. The second-order valence-corrected chi connectivity index (χ2v) is 4.75. The molecular formula is C15H26N2. The van der Waals surface area contributed by atoms with Crippen LogP contribution in [-0.4, -0.2) is 11.5 Å². The zero-order valence-electron chi connectivity index (χ0n) is 11.3. The van der Waals surface area contributed by atoms with Crippen LogP contribution in [0.1, 0.15) is 56.6 Å². The SMILES string of the molecule is CCCCCCCCNCc1cnccc1C. The molecule has 2 heteroatoms. The third kappa shape index (κ3) is 6.42. The van der Waals surface area contributed by atoms with Gasteiger partial charge in [0, 0.05) is 18.9 Å². The number of nitrogens with one attached hydrogen (secondary N) is 1. The summed E-state index contributed by atoms with van der Waals surface area (Å²) in [5, 5.41) is 3.49. The van der Waals surface area contributed by atoms with Gasteiger partial charge in [-0.25, -0.2) is 0 Å². The zero-order valence-corrected chi connectivity index (χ0v) is 11.3. The summed E-state index contributed by atoms with van der Waals surface area (Å²) in [6, 6.07) is 2.07. The lowest BCUT2D eigenvalue weighted by molar-refractivity contribution is 0.571. The summed E-state index contributed by atoms with van der Waals surface area (Å²) in [5.41, 5.74) is 2.65. The van der Waals surface area contributed by atoms with E-state index in [-0.39, 0.29) is 0 Å². The van der Waals surface area contributed by atoms with E-state index in [4.69, 9.17) is 0 Å². The number of hydrogen-bond donors (Lipinski definition) is 1. The van der Waals surface area contributed by atoms with Gasteiger partial charge in [0.15, 0.2) is 0 Å². The van der Waals surface area contributed by atoms with Crippen molar-refractivity contribution < 1.29 is 0 Å². The van der Waals surface area contributed by atoms with E-state index in [0.29, 0.717) is 0 Å². The van der Waals surface area contributed by atoms with Gasteiger partial charge >= 0.3 is 0 Å². The van der Waals surface area contributed by atoms with Crippen LogP contribution in [-0.2, 0) is 6.54 Å². The molecule has 0 atom stereocenters. The molecule has 0 aromatic carbocycles. The second kappa shape index (κ2) is 9.17. The van der Waals surface area contributed by atoms with Gasteiger partial charge in [-0.15, -0.1) is 0 Å². The Morgan fingerprint density at radius 3 is 2.65 bits per heavy atom. The molecule has 1 rings (SSSR count). The van der Waals surface area contributed by atoms with Crippen molar-refractivity contribution in [3.63, 3.8) is 0 Å². The smallest absolute Gasteiger partial charge is 0.0315 e. The predicted molar refractivity (Wildman–Crippen MR) is 74.1 cm³/mol. The molecule has 0 amide bonds. The standard InChI is InChI=1S/C15H26N2/c1-3-4-5-6-7-8-10-16-12-15-13-17-11-9-14(15)2/h9,11,13,16H,3-8,10,12H2,1-2H3. The average Bonchev–Trinajstić information content (AvgIpc) is 2.35. The van der Waals surface area contributed by atoms with Crippen LogP contribution >= 0.6 is 0 Å². The normalized spacial score (nSPS) is 10.7. The predicted octanol–water partition coefficient (Wildman–Crippen LogP) is 3.84. The molecular weight excluding hydrogens is 208 g/mol. The van der Waals surface area contributed by atoms with Crippen LogP contribution in [0, 0.1) is 6.92 Å². The maximum absolute atomic E-state index is 4.15. The van der Waals surface area contributed by atoms with Crippen molar-refractivity contribution >= 4 is 0 Å². The first-order valence-corrected chi connectivity index (χ1v) is 6.94. The third-order valence-corrected chi connectivity index (χ3v) is 3.17. The molecule has 1 aromatic rings. The number of rotatable bonds is 9. The van der Waals surface area contributed by atoms with Gasteiger partial charge in [-0.1, -0.05) is 39.0 Å². The number of aromatic nitrogens is 1. The average molecular weight is 234 g/mol. The van der Waals surface area contributed by atoms with E-state index in [2.05, 4.69) is 30.2 Å². The summed E-state index contributed by atoms with van der Waals surface area (Å²) < 4.78 is 0. The van der Waals surface area contributed by atoms with Crippen LogP contribution in [0.2, 0.25) is 0 Å². The lowest BCUT2D eigenvalue weighted by atomic mass is 10.1. The Balaban J connectivity index is 1.99. The number of unbranched alkanes of at least 4 members (excludes halogenated alkanes) is 5. The molecule has 0 spiro atoms. The highest BCUT2D eigenvalue weighted by molar-refractivity contribution is 5.20. The van der Waals surface area contributed by atoms with Crippen LogP contribution < -0.4 is 5.32 Å². The molecule has 0 saturated heterocycles. The van der Waals surface area contributed by atoms with Crippen LogP contribution in [0.15, 0.2) is 18.5 Å². The highest BCUT2D eigenvalue weighted by atomic mass is 14.8. The van der Waals surface area contributed by atoms with Crippen molar-refractivity contribution in [2.24, 2.45) is 0 Å². The summed E-state index contributed by atoms with van der Waals surface area (Å²) in [6.45, 7) is 6.48. The summed E-state index contributed by atoms with van der Waals surface area (Å²) >= 11 is 0. The van der Waals surface area contributed by atoms with Crippen LogP contribution in [0.5, 0.6) is 0 Å². The fraction of sp³-hybridized carbons (Fsp3) is 0.667. The van der Waals surface area contributed by atoms with E-state index in [1.54, 1.807) is 0 Å². The molecule has 1 aromatic heterocycles. The third-order valence-electron chi connectivity index (χ3n) is 3.17. The monoisotopic (exact) mass is 234 g/mol. The minimum absolute atomic E-state index is 0.953. The van der Waals surface area contributed by atoms with Gasteiger partial charge in [0.05, 0.1) is 0 Å². The van der Waals surface area contributed by atoms with Crippen LogP contribution in [0.25, 0.3) is 0 Å². The largest absolute Gasteiger partial charge is 0.313 e. The Hall–Kier alpha value is -0.890. The molecule has 0 unspecified atom stereocenters. The molecule has 0 fully saturated rings. The molecule has 17 heavy (non-hydrogen) atoms. The fourth-order valence-corrected chi connectivity index (χ4v) is 1.94. The van der Waals surface area contributed by atoms with Crippen LogP contribution in [0.3, 0.4) is 0 Å². The minimum atomic E-state index is 0.953. The number of hydrogen-bond acceptors (Lipinski definition) is 2. The van der Waals surface area contributed by atoms with E-state index in [1.807, 2.05) is 12.4 Å². The van der Waals surface area contributed by atoms with Crippen molar-refractivity contribution in [2.45, 2.75) is 58.9 Å². The molecule has 0 aliphatic rings. The van der Waals surface area contributed by atoms with Crippen molar-refractivity contribution in [1.82, 2.24) is 10.3 Å². The topological polar surface area (TPSA) is 24.9 Å². The Labute approximate surface area is 106 Å². The van der Waals surface area contributed by atoms with Gasteiger partial charge in [0.2, 0.25) is 0 Å². The molecule has 0 aliphatic carbocycles. The lowest BCUT2D eigenvalue weighted by Crippen LogP contribution is -2.15. The van der Waals surface area contributed by atoms with Crippen molar-refractivity contribution in [3.8, 4) is 0 Å². The van der Waals surface area contributed by atoms with E-state index in [0.717, 1.165) is 13.1 Å². The highest BCUT2D eigenvalue weighted by Crippen LogP contribution is 2.06. The van der Waals surface area contributed by atoms with E-state index < -0.39 is 0 Å². The molecule has 1 N–H and O–H groups in total. The minimum Gasteiger partial charge on any atom is -0.313 e.